The molecule has 0 saturated carbocycles. The minimum atomic E-state index is -0.224. The van der Waals surface area contributed by atoms with Crippen LogP contribution in [0.25, 0.3) is 0 Å². The molecule has 1 aliphatic rings. The molecule has 1 unspecified atom stereocenters. The molecule has 1 saturated heterocycles. The molecule has 202 valence electrons. The minimum absolute atomic E-state index is 0.0409. The van der Waals surface area contributed by atoms with Crippen LogP contribution in [-0.4, -0.2) is 48.2 Å². The van der Waals surface area contributed by atoms with Gasteiger partial charge in [0.25, 0.3) is 0 Å². The fourth-order valence-corrected chi connectivity index (χ4v) is 4.33. The van der Waals surface area contributed by atoms with Crippen molar-refractivity contribution in [2.75, 3.05) is 19.6 Å². The first-order valence-electron chi connectivity index (χ1n) is 13.7. The second-order valence-electron chi connectivity index (χ2n) is 12.3. The molecule has 0 bridgehead atoms. The van der Waals surface area contributed by atoms with Gasteiger partial charge in [-0.2, -0.15) is 0 Å². The highest BCUT2D eigenvalue weighted by Gasteiger charge is 2.44. The Morgan fingerprint density at radius 3 is 1.77 bits per heavy atom. The average molecular weight is 494 g/mol. The number of imide groups is 1. The smallest absolute Gasteiger partial charge is 0.233 e. The Bertz CT molecular complexity index is 691. The number of likely N-dealkylation sites (tertiary alicyclic amines) is 1. The van der Waals surface area contributed by atoms with Crippen molar-refractivity contribution in [2.45, 2.75) is 119 Å². The van der Waals surface area contributed by atoms with Gasteiger partial charge in [-0.3, -0.25) is 24.1 Å². The largest absolute Gasteiger partial charge is 0.356 e. The maximum atomic E-state index is 12.5. The predicted molar refractivity (Wildman–Crippen MR) is 141 cm³/mol. The molecule has 1 aliphatic heterocycles. The van der Waals surface area contributed by atoms with Crippen LogP contribution in [0.15, 0.2) is 0 Å². The first-order valence-corrected chi connectivity index (χ1v) is 13.7. The molecule has 7 heteroatoms. The lowest BCUT2D eigenvalue weighted by Crippen LogP contribution is -2.34. The SMILES string of the molecule is CC(C)(C)CCCCNC(=O)CCCCCNC(=O)CCCCCN1C(=O)CC(C(C)(C)C)C1=O. The minimum Gasteiger partial charge on any atom is -0.356 e. The molecule has 0 aromatic heterocycles. The number of unbranched alkanes of at least 4 members (excludes halogenated alkanes) is 5. The number of hydrogen-bond acceptors (Lipinski definition) is 4. The third-order valence-corrected chi connectivity index (χ3v) is 6.65. The number of carbonyl (C=O) groups is 4. The Kier molecular flexibility index (Phi) is 13.6. The molecule has 0 aromatic rings. The van der Waals surface area contributed by atoms with Gasteiger partial charge < -0.3 is 10.6 Å². The summed E-state index contributed by atoms with van der Waals surface area (Å²) >= 11 is 0. The number of carbonyl (C=O) groups excluding carboxylic acids is 4. The lowest BCUT2D eigenvalue weighted by atomic mass is 9.80. The van der Waals surface area contributed by atoms with Gasteiger partial charge in [-0.05, 0) is 49.4 Å². The van der Waals surface area contributed by atoms with Crippen LogP contribution in [0.5, 0.6) is 0 Å². The zero-order valence-corrected chi connectivity index (χ0v) is 23.3. The topological polar surface area (TPSA) is 95.6 Å². The van der Waals surface area contributed by atoms with E-state index in [-0.39, 0.29) is 35.0 Å². The van der Waals surface area contributed by atoms with Gasteiger partial charge in [0.1, 0.15) is 0 Å². The summed E-state index contributed by atoms with van der Waals surface area (Å²) in [6.45, 7) is 14.6. The number of hydrogen-bond donors (Lipinski definition) is 2. The van der Waals surface area contributed by atoms with E-state index in [0.717, 1.165) is 57.9 Å². The molecule has 4 amide bonds. The molecule has 35 heavy (non-hydrogen) atoms. The molecule has 7 nitrogen and oxygen atoms in total. The third-order valence-electron chi connectivity index (χ3n) is 6.65. The summed E-state index contributed by atoms with van der Waals surface area (Å²) in [6, 6.07) is 0. The van der Waals surface area contributed by atoms with Gasteiger partial charge in [0.15, 0.2) is 0 Å². The second kappa shape index (κ2) is 15.2. The quantitative estimate of drug-likeness (QED) is 0.234. The van der Waals surface area contributed by atoms with E-state index in [1.54, 1.807) is 0 Å². The van der Waals surface area contributed by atoms with Gasteiger partial charge in [-0.15, -0.1) is 0 Å². The molecular formula is C28H51N3O4. The second-order valence-corrected chi connectivity index (χ2v) is 12.3. The fraction of sp³-hybridized carbons (Fsp3) is 0.857. The highest BCUT2D eigenvalue weighted by atomic mass is 16.2. The summed E-state index contributed by atoms with van der Waals surface area (Å²) in [4.78, 5) is 49.9. The zero-order chi connectivity index (χ0) is 26.5. The molecule has 0 aromatic carbocycles. The summed E-state index contributed by atoms with van der Waals surface area (Å²) in [7, 11) is 0. The van der Waals surface area contributed by atoms with Crippen molar-refractivity contribution in [3.63, 3.8) is 0 Å². The highest BCUT2D eigenvalue weighted by molar-refractivity contribution is 6.03. The maximum absolute atomic E-state index is 12.5. The fourth-order valence-electron chi connectivity index (χ4n) is 4.33. The van der Waals surface area contributed by atoms with E-state index in [1.165, 1.54) is 11.3 Å². The molecule has 0 spiro atoms. The van der Waals surface area contributed by atoms with E-state index >= 15 is 0 Å². The van der Waals surface area contributed by atoms with Crippen molar-refractivity contribution in [3.05, 3.63) is 0 Å². The van der Waals surface area contributed by atoms with Gasteiger partial charge in [0.2, 0.25) is 23.6 Å². The van der Waals surface area contributed by atoms with Crippen LogP contribution in [-0.2, 0) is 19.2 Å². The first kappa shape index (κ1) is 31.1. The van der Waals surface area contributed by atoms with Gasteiger partial charge in [-0.25, -0.2) is 0 Å². The molecule has 1 atom stereocenters. The summed E-state index contributed by atoms with van der Waals surface area (Å²) in [5, 5.41) is 5.94. The number of rotatable bonds is 16. The lowest BCUT2D eigenvalue weighted by Gasteiger charge is -2.24. The van der Waals surface area contributed by atoms with Crippen LogP contribution in [0.3, 0.4) is 0 Å². The van der Waals surface area contributed by atoms with Crippen LogP contribution >= 0.6 is 0 Å². The normalized spacial score (nSPS) is 16.6. The molecule has 0 aliphatic carbocycles. The van der Waals surface area contributed by atoms with Crippen molar-refractivity contribution in [1.82, 2.24) is 15.5 Å². The van der Waals surface area contributed by atoms with E-state index < -0.39 is 0 Å². The van der Waals surface area contributed by atoms with Crippen molar-refractivity contribution in [1.29, 1.82) is 0 Å². The van der Waals surface area contributed by atoms with Crippen molar-refractivity contribution >= 4 is 23.6 Å². The maximum Gasteiger partial charge on any atom is 0.233 e. The van der Waals surface area contributed by atoms with Gasteiger partial charge >= 0.3 is 0 Å². The van der Waals surface area contributed by atoms with E-state index in [9.17, 15) is 19.2 Å². The van der Waals surface area contributed by atoms with E-state index in [4.69, 9.17) is 0 Å². The van der Waals surface area contributed by atoms with Crippen LogP contribution in [0.4, 0.5) is 0 Å². The van der Waals surface area contributed by atoms with Gasteiger partial charge in [-0.1, -0.05) is 60.8 Å². The Morgan fingerprint density at radius 1 is 0.771 bits per heavy atom. The summed E-state index contributed by atoms with van der Waals surface area (Å²) in [5.74, 6) is -0.177. The van der Waals surface area contributed by atoms with E-state index in [2.05, 4.69) is 31.4 Å². The van der Waals surface area contributed by atoms with Crippen molar-refractivity contribution in [2.24, 2.45) is 16.7 Å². The summed E-state index contributed by atoms with van der Waals surface area (Å²) in [5.41, 5.74) is 0.157. The molecule has 1 fully saturated rings. The van der Waals surface area contributed by atoms with Crippen LogP contribution in [0.2, 0.25) is 0 Å². The first-order chi connectivity index (χ1) is 16.3. The number of nitrogens with one attached hydrogen (secondary N) is 2. The van der Waals surface area contributed by atoms with Crippen LogP contribution in [0.1, 0.15) is 119 Å². The zero-order valence-electron chi connectivity index (χ0n) is 23.3. The Morgan fingerprint density at radius 2 is 1.29 bits per heavy atom. The molecule has 1 heterocycles. The summed E-state index contributed by atoms with van der Waals surface area (Å²) < 4.78 is 0. The van der Waals surface area contributed by atoms with E-state index in [0.29, 0.717) is 37.8 Å². The van der Waals surface area contributed by atoms with Gasteiger partial charge in [0, 0.05) is 38.9 Å². The number of amides is 4. The molecule has 1 rings (SSSR count). The van der Waals surface area contributed by atoms with Crippen molar-refractivity contribution < 1.29 is 19.2 Å². The van der Waals surface area contributed by atoms with Crippen LogP contribution < -0.4 is 10.6 Å². The third kappa shape index (κ3) is 13.7. The molecule has 2 N–H and O–H groups in total. The highest BCUT2D eigenvalue weighted by Crippen LogP contribution is 2.35. The number of nitrogens with zero attached hydrogens (tertiary/aromatic N) is 1. The average Bonchev–Trinajstić information content (AvgIpc) is 3.03. The molecule has 0 radical (unpaired) electrons. The summed E-state index contributed by atoms with van der Waals surface area (Å²) in [6.07, 6.45) is 9.60. The van der Waals surface area contributed by atoms with E-state index in [1.807, 2.05) is 20.8 Å². The molecular weight excluding hydrogens is 442 g/mol. The van der Waals surface area contributed by atoms with Gasteiger partial charge in [0.05, 0.1) is 5.92 Å². The predicted octanol–water partition coefficient (Wildman–Crippen LogP) is 4.98. The lowest BCUT2D eigenvalue weighted by molar-refractivity contribution is -0.140. The standard InChI is InChI=1S/C28H51N3O4/c1-27(2,3)17-11-13-19-30-23(32)15-9-7-12-18-29-24(33)16-10-8-14-20-31-25(34)21-22(26(31)35)28(4,5)6/h22H,7-21H2,1-6H3,(H,29,33)(H,30,32). The van der Waals surface area contributed by atoms with Crippen molar-refractivity contribution in [3.8, 4) is 0 Å². The Hall–Kier alpha value is -1.92. The Balaban J connectivity index is 1.98. The Labute approximate surface area is 213 Å². The monoisotopic (exact) mass is 493 g/mol. The van der Waals surface area contributed by atoms with Crippen LogP contribution in [0, 0.1) is 16.7 Å².